The summed E-state index contributed by atoms with van der Waals surface area (Å²) in [6, 6.07) is 14.0. The predicted molar refractivity (Wildman–Crippen MR) is 125 cm³/mol. The zero-order valence-corrected chi connectivity index (χ0v) is 18.8. The van der Waals surface area contributed by atoms with Crippen LogP contribution in [-0.2, 0) is 11.3 Å². The Morgan fingerprint density at radius 2 is 1.94 bits per heavy atom. The molecule has 1 atom stereocenters. The highest BCUT2D eigenvalue weighted by molar-refractivity contribution is 7.99. The van der Waals surface area contributed by atoms with Gasteiger partial charge in [0.25, 0.3) is 11.2 Å². The minimum absolute atomic E-state index is 0.0497. The van der Waals surface area contributed by atoms with Gasteiger partial charge in [0.2, 0.25) is 0 Å². The molecule has 0 spiro atoms. The lowest BCUT2D eigenvalue weighted by Crippen LogP contribution is -2.37. The third kappa shape index (κ3) is 5.17. The Labute approximate surface area is 190 Å². The van der Waals surface area contributed by atoms with Crippen molar-refractivity contribution in [2.24, 2.45) is 0 Å². The van der Waals surface area contributed by atoms with Crippen LogP contribution in [0, 0.1) is 10.1 Å². The molecule has 2 aromatic carbocycles. The number of nitro benzene ring substituents is 1. The first kappa shape index (κ1) is 22.4. The van der Waals surface area contributed by atoms with E-state index in [1.165, 1.54) is 17.8 Å². The van der Waals surface area contributed by atoms with Crippen molar-refractivity contribution in [2.75, 3.05) is 32.8 Å². The number of rotatable bonds is 8. The van der Waals surface area contributed by atoms with Gasteiger partial charge in [0, 0.05) is 43.6 Å². The lowest BCUT2D eigenvalue weighted by molar-refractivity contribution is -0.384. The highest BCUT2D eigenvalue weighted by atomic mass is 32.2. The number of benzene rings is 2. The molecule has 1 aliphatic heterocycles. The first-order chi connectivity index (χ1) is 15.5. The van der Waals surface area contributed by atoms with Gasteiger partial charge >= 0.3 is 0 Å². The van der Waals surface area contributed by atoms with Gasteiger partial charge in [-0.1, -0.05) is 36.0 Å². The third-order valence-corrected chi connectivity index (χ3v) is 6.77. The molecule has 0 amide bonds. The molecule has 1 saturated heterocycles. The fraction of sp³-hybridized carbons (Fsp3) is 0.391. The summed E-state index contributed by atoms with van der Waals surface area (Å²) < 4.78 is 7.16. The number of non-ortho nitro benzene ring substituents is 1. The summed E-state index contributed by atoms with van der Waals surface area (Å²) in [5, 5.41) is 12.3. The van der Waals surface area contributed by atoms with E-state index in [9.17, 15) is 14.9 Å². The van der Waals surface area contributed by atoms with E-state index in [2.05, 4.69) is 4.90 Å². The average Bonchev–Trinajstić information content (AvgIpc) is 2.82. The molecule has 4 rings (SSSR count). The van der Waals surface area contributed by atoms with Gasteiger partial charge in [0.05, 0.1) is 29.0 Å². The Kier molecular flexibility index (Phi) is 7.19. The summed E-state index contributed by atoms with van der Waals surface area (Å²) in [4.78, 5) is 31.2. The molecule has 0 aliphatic carbocycles. The Hall–Kier alpha value is -2.75. The molecule has 1 fully saturated rings. The number of fused-ring (bicyclic) bond motifs is 1. The first-order valence-electron chi connectivity index (χ1n) is 10.7. The van der Waals surface area contributed by atoms with E-state index in [1.807, 2.05) is 37.3 Å². The minimum atomic E-state index is -0.392. The highest BCUT2D eigenvalue weighted by Gasteiger charge is 2.18. The Bertz CT molecular complexity index is 1160. The van der Waals surface area contributed by atoms with Crippen LogP contribution in [0.4, 0.5) is 5.69 Å². The summed E-state index contributed by atoms with van der Waals surface area (Å²) in [6.45, 7) is 6.76. The van der Waals surface area contributed by atoms with E-state index in [1.54, 1.807) is 16.7 Å². The molecule has 0 saturated carbocycles. The maximum absolute atomic E-state index is 13.3. The molecule has 9 heteroatoms. The minimum Gasteiger partial charge on any atom is -0.379 e. The Morgan fingerprint density at radius 3 is 2.72 bits per heavy atom. The van der Waals surface area contributed by atoms with Crippen molar-refractivity contribution >= 4 is 28.4 Å². The number of hydrogen-bond donors (Lipinski definition) is 0. The smallest absolute Gasteiger partial charge is 0.269 e. The third-order valence-electron chi connectivity index (χ3n) is 5.62. The lowest BCUT2D eigenvalue weighted by Gasteiger charge is -2.26. The van der Waals surface area contributed by atoms with Crippen LogP contribution in [0.2, 0.25) is 0 Å². The number of ether oxygens (including phenoxy) is 1. The van der Waals surface area contributed by atoms with E-state index in [0.29, 0.717) is 22.6 Å². The van der Waals surface area contributed by atoms with Crippen molar-refractivity contribution < 1.29 is 9.66 Å². The van der Waals surface area contributed by atoms with Gasteiger partial charge in [-0.15, -0.1) is 0 Å². The van der Waals surface area contributed by atoms with Crippen LogP contribution in [-0.4, -0.2) is 52.2 Å². The van der Waals surface area contributed by atoms with Crippen molar-refractivity contribution in [2.45, 2.75) is 30.3 Å². The molecule has 3 aromatic rings. The van der Waals surface area contributed by atoms with Gasteiger partial charge in [-0.05, 0) is 31.0 Å². The van der Waals surface area contributed by atoms with E-state index in [4.69, 9.17) is 9.72 Å². The normalized spacial score (nSPS) is 15.7. The molecular weight excluding hydrogens is 428 g/mol. The van der Waals surface area contributed by atoms with Gasteiger partial charge in [0.1, 0.15) is 0 Å². The topological polar surface area (TPSA) is 90.5 Å². The molecule has 1 unspecified atom stereocenters. The van der Waals surface area contributed by atoms with E-state index >= 15 is 0 Å². The maximum atomic E-state index is 13.3. The summed E-state index contributed by atoms with van der Waals surface area (Å²) in [5.74, 6) is 0. The second-order valence-electron chi connectivity index (χ2n) is 7.79. The molecule has 1 aromatic heterocycles. The number of hydrogen-bond acceptors (Lipinski definition) is 7. The lowest BCUT2D eigenvalue weighted by atomic mass is 10.1. The van der Waals surface area contributed by atoms with Crippen LogP contribution >= 0.6 is 11.8 Å². The SMILES string of the molecule is CC(Sc1nc2ccccc2c(=O)n1CCCN1CCOCC1)c1cccc([N+](=O)[O-])c1. The highest BCUT2D eigenvalue weighted by Crippen LogP contribution is 2.35. The quantitative estimate of drug-likeness (QED) is 0.221. The fourth-order valence-corrected chi connectivity index (χ4v) is 4.88. The molecule has 168 valence electrons. The van der Waals surface area contributed by atoms with Crippen molar-refractivity contribution in [3.63, 3.8) is 0 Å². The number of morpholine rings is 1. The number of nitrogens with zero attached hydrogens (tertiary/aromatic N) is 4. The van der Waals surface area contributed by atoms with Gasteiger partial charge in [-0.3, -0.25) is 24.4 Å². The van der Waals surface area contributed by atoms with Crippen LogP contribution in [0.15, 0.2) is 58.5 Å². The van der Waals surface area contributed by atoms with Crippen LogP contribution < -0.4 is 5.56 Å². The van der Waals surface area contributed by atoms with E-state index in [0.717, 1.165) is 44.8 Å². The molecule has 0 N–H and O–H groups in total. The molecule has 1 aliphatic rings. The van der Waals surface area contributed by atoms with Crippen molar-refractivity contribution in [1.29, 1.82) is 0 Å². The van der Waals surface area contributed by atoms with Crippen LogP contribution in [0.25, 0.3) is 10.9 Å². The number of nitro groups is 1. The Morgan fingerprint density at radius 1 is 1.16 bits per heavy atom. The molecule has 0 radical (unpaired) electrons. The van der Waals surface area contributed by atoms with Crippen molar-refractivity contribution in [3.05, 3.63) is 74.6 Å². The molecule has 8 nitrogen and oxygen atoms in total. The fourth-order valence-electron chi connectivity index (χ4n) is 3.83. The van der Waals surface area contributed by atoms with E-state index in [-0.39, 0.29) is 16.5 Å². The average molecular weight is 455 g/mol. The zero-order chi connectivity index (χ0) is 22.5. The van der Waals surface area contributed by atoms with Crippen LogP contribution in [0.5, 0.6) is 0 Å². The summed E-state index contributed by atoms with van der Waals surface area (Å²) >= 11 is 1.45. The van der Waals surface area contributed by atoms with Crippen LogP contribution in [0.3, 0.4) is 0 Å². The second-order valence-corrected chi connectivity index (χ2v) is 9.10. The molecule has 32 heavy (non-hydrogen) atoms. The molecule has 2 heterocycles. The summed E-state index contributed by atoms with van der Waals surface area (Å²) in [6.07, 6.45) is 0.832. The van der Waals surface area contributed by atoms with Crippen molar-refractivity contribution in [1.82, 2.24) is 14.5 Å². The van der Waals surface area contributed by atoms with Gasteiger partial charge in [-0.2, -0.15) is 0 Å². The Balaban J connectivity index is 1.60. The standard InChI is InChI=1S/C23H26N4O4S/c1-17(18-6-4-7-19(16-18)27(29)30)32-23-24-21-9-3-2-8-20(21)22(28)26(23)11-5-10-25-12-14-31-15-13-25/h2-4,6-9,16-17H,5,10-15H2,1H3. The first-order valence-corrected chi connectivity index (χ1v) is 11.6. The predicted octanol–water partition coefficient (Wildman–Crippen LogP) is 3.88. The second kappa shape index (κ2) is 10.2. The van der Waals surface area contributed by atoms with Crippen molar-refractivity contribution in [3.8, 4) is 0 Å². The maximum Gasteiger partial charge on any atom is 0.269 e. The zero-order valence-electron chi connectivity index (χ0n) is 18.0. The number of aromatic nitrogens is 2. The largest absolute Gasteiger partial charge is 0.379 e. The number of para-hydroxylation sites is 1. The molecular formula is C23H26N4O4S. The monoisotopic (exact) mass is 454 g/mol. The van der Waals surface area contributed by atoms with Crippen LogP contribution in [0.1, 0.15) is 24.2 Å². The summed E-state index contributed by atoms with van der Waals surface area (Å²) in [5.41, 5.74) is 1.50. The van der Waals surface area contributed by atoms with Gasteiger partial charge < -0.3 is 4.74 Å². The molecule has 0 bridgehead atoms. The van der Waals surface area contributed by atoms with Gasteiger partial charge in [0.15, 0.2) is 5.16 Å². The number of thioether (sulfide) groups is 1. The summed E-state index contributed by atoms with van der Waals surface area (Å²) in [7, 11) is 0. The van der Waals surface area contributed by atoms with E-state index < -0.39 is 4.92 Å². The van der Waals surface area contributed by atoms with Gasteiger partial charge in [-0.25, -0.2) is 4.98 Å².